The van der Waals surface area contributed by atoms with Crippen LogP contribution in [0.1, 0.15) is 82.3 Å². The smallest absolute Gasteiger partial charge is 0.478 e. The third-order valence-electron chi connectivity index (χ3n) is 8.05. The first-order valence-corrected chi connectivity index (χ1v) is 13.9. The van der Waals surface area contributed by atoms with Crippen LogP contribution in [0.4, 0.5) is 17.6 Å². The molecule has 0 spiro atoms. The predicted octanol–water partition coefficient (Wildman–Crippen LogP) is 9.43. The number of hydrogen-bond acceptors (Lipinski definition) is 2. The fourth-order valence-corrected chi connectivity index (χ4v) is 6.05. The van der Waals surface area contributed by atoms with Gasteiger partial charge in [0.25, 0.3) is 0 Å². The lowest BCUT2D eigenvalue weighted by Gasteiger charge is -2.29. The molecule has 0 aliphatic heterocycles. The number of aromatic carboxylic acids is 1. The van der Waals surface area contributed by atoms with E-state index in [0.717, 1.165) is 52.7 Å². The van der Waals surface area contributed by atoms with Gasteiger partial charge in [-0.3, -0.25) is 4.39 Å². The highest BCUT2D eigenvalue weighted by Crippen LogP contribution is 2.43. The first-order chi connectivity index (χ1) is 19.6. The summed E-state index contributed by atoms with van der Waals surface area (Å²) in [6.45, 7) is 1.36. The van der Waals surface area contributed by atoms with Crippen molar-refractivity contribution in [2.45, 2.75) is 58.2 Å². The maximum absolute atomic E-state index is 13.1. The summed E-state index contributed by atoms with van der Waals surface area (Å²) < 4.78 is 56.2. The predicted molar refractivity (Wildman–Crippen MR) is 152 cm³/mol. The maximum atomic E-state index is 13.1. The van der Waals surface area contributed by atoms with Gasteiger partial charge in [0, 0.05) is 0 Å². The molecule has 0 radical (unpaired) electrons. The normalized spacial score (nSPS) is 17.0. The van der Waals surface area contributed by atoms with Crippen LogP contribution < -0.4 is 4.74 Å². The maximum Gasteiger partial charge on any atom is 0.573 e. The number of ether oxygens (including phenoxy) is 1. The Morgan fingerprint density at radius 2 is 1.78 bits per heavy atom. The molecular weight excluding hydrogens is 532 g/mol. The van der Waals surface area contributed by atoms with Crippen LogP contribution >= 0.6 is 0 Å². The Balaban J connectivity index is 1.58. The molecule has 0 unspecified atom stereocenters. The molecule has 1 fully saturated rings. The minimum atomic E-state index is -4.80. The van der Waals surface area contributed by atoms with Crippen LogP contribution in [0.15, 0.2) is 66.2 Å². The van der Waals surface area contributed by atoms with Crippen molar-refractivity contribution >= 4 is 23.2 Å². The molecular formula is C34H32F4O3. The molecule has 5 rings (SSSR count). The summed E-state index contributed by atoms with van der Waals surface area (Å²) >= 11 is 0. The number of fused-ring (bicyclic) bond motifs is 1. The number of benzene rings is 3. The number of aryl methyl sites for hydroxylation is 1. The number of allylic oxidation sites excluding steroid dienone is 2. The zero-order chi connectivity index (χ0) is 29.1. The molecule has 2 aliphatic rings. The number of alkyl halides is 4. The fraction of sp³-hybridized carbons (Fsp3) is 0.324. The summed E-state index contributed by atoms with van der Waals surface area (Å²) in [5.41, 5.74) is 8.16. The molecule has 3 nitrogen and oxygen atoms in total. The Morgan fingerprint density at radius 3 is 2.46 bits per heavy atom. The van der Waals surface area contributed by atoms with Gasteiger partial charge in [-0.2, -0.15) is 0 Å². The van der Waals surface area contributed by atoms with Gasteiger partial charge in [0.05, 0.1) is 12.2 Å². The number of carboxylic acids is 1. The highest BCUT2D eigenvalue weighted by Gasteiger charge is 2.32. The zero-order valence-corrected chi connectivity index (χ0v) is 22.9. The number of halogens is 4. The Kier molecular flexibility index (Phi) is 8.34. The largest absolute Gasteiger partial charge is 0.573 e. The average Bonchev–Trinajstić information content (AvgIpc) is 3.10. The van der Waals surface area contributed by atoms with E-state index in [2.05, 4.69) is 10.8 Å². The molecule has 0 bridgehead atoms. The van der Waals surface area contributed by atoms with Crippen molar-refractivity contribution in [2.24, 2.45) is 5.92 Å². The van der Waals surface area contributed by atoms with Crippen LogP contribution in [-0.4, -0.2) is 24.1 Å². The highest BCUT2D eigenvalue weighted by atomic mass is 19.4. The fourth-order valence-electron chi connectivity index (χ4n) is 6.05. The lowest BCUT2D eigenvalue weighted by Crippen LogP contribution is -2.18. The molecule has 0 atom stereocenters. The molecule has 0 aromatic heterocycles. The van der Waals surface area contributed by atoms with Crippen LogP contribution in [0.5, 0.6) is 5.75 Å². The lowest BCUT2D eigenvalue weighted by atomic mass is 9.77. The van der Waals surface area contributed by atoms with Crippen molar-refractivity contribution in [3.63, 3.8) is 0 Å². The average molecular weight is 565 g/mol. The second kappa shape index (κ2) is 11.9. The van der Waals surface area contributed by atoms with E-state index in [1.807, 2.05) is 36.4 Å². The molecule has 0 heterocycles. The van der Waals surface area contributed by atoms with Gasteiger partial charge in [-0.1, -0.05) is 54.1 Å². The summed E-state index contributed by atoms with van der Waals surface area (Å²) in [5, 5.41) is 9.58. The molecule has 214 valence electrons. The monoisotopic (exact) mass is 564 g/mol. The summed E-state index contributed by atoms with van der Waals surface area (Å²) in [4.78, 5) is 11.7. The third kappa shape index (κ3) is 6.55. The number of carboxylic acid groups (broad SMARTS) is 1. The summed E-state index contributed by atoms with van der Waals surface area (Å²) in [6, 6.07) is 17.9. The van der Waals surface area contributed by atoms with Gasteiger partial charge < -0.3 is 9.84 Å². The van der Waals surface area contributed by atoms with E-state index < -0.39 is 12.3 Å². The summed E-state index contributed by atoms with van der Waals surface area (Å²) in [5.74, 6) is -0.682. The molecule has 0 amide bonds. The van der Waals surface area contributed by atoms with E-state index in [-0.39, 0.29) is 18.0 Å². The Morgan fingerprint density at radius 1 is 1.02 bits per heavy atom. The second-order valence-electron chi connectivity index (χ2n) is 10.9. The molecule has 1 saturated carbocycles. The Bertz CT molecular complexity index is 1490. The molecule has 2 aliphatic carbocycles. The molecule has 0 saturated heterocycles. The van der Waals surface area contributed by atoms with Crippen LogP contribution in [0.3, 0.4) is 0 Å². The number of rotatable bonds is 8. The SMILES string of the molecule is Cc1c(OC(F)(F)F)cccc1C1=C(c2ccc(C=C3CC(CCCF)C3)cc2)c2ccc(C(=O)O)cc2CCC1. The van der Waals surface area contributed by atoms with Crippen molar-refractivity contribution in [1.29, 1.82) is 0 Å². The van der Waals surface area contributed by atoms with E-state index in [0.29, 0.717) is 42.7 Å². The van der Waals surface area contributed by atoms with Crippen molar-refractivity contribution < 1.29 is 32.2 Å². The number of carbonyl (C=O) groups is 1. The zero-order valence-electron chi connectivity index (χ0n) is 22.9. The van der Waals surface area contributed by atoms with Gasteiger partial charge in [-0.05, 0) is 121 Å². The molecule has 1 N–H and O–H groups in total. The van der Waals surface area contributed by atoms with Gasteiger partial charge in [0.15, 0.2) is 0 Å². The van der Waals surface area contributed by atoms with Crippen molar-refractivity contribution in [1.82, 2.24) is 0 Å². The lowest BCUT2D eigenvalue weighted by molar-refractivity contribution is -0.274. The van der Waals surface area contributed by atoms with Crippen LogP contribution in [0.25, 0.3) is 17.2 Å². The van der Waals surface area contributed by atoms with Crippen LogP contribution in [0, 0.1) is 12.8 Å². The summed E-state index contributed by atoms with van der Waals surface area (Å²) in [6.07, 6.45) is 2.86. The van der Waals surface area contributed by atoms with Gasteiger partial charge in [-0.15, -0.1) is 13.2 Å². The topological polar surface area (TPSA) is 46.5 Å². The Hall–Kier alpha value is -3.87. The minimum absolute atomic E-state index is 0.204. The molecule has 3 aromatic rings. The standard InChI is InChI=1S/C34H32F4O3/c1-21-28(7-3-9-31(21)41-34(36,37)38)30-8-2-6-26-20-27(33(39)40)14-15-29(26)32(30)25-12-10-22(11-13-25)17-24-18-23(19-24)5-4-16-35/h3,7,9-15,17,20,23H,2,4-6,8,16,18-19H2,1H3,(H,39,40). The van der Waals surface area contributed by atoms with E-state index in [4.69, 9.17) is 0 Å². The van der Waals surface area contributed by atoms with Crippen molar-refractivity contribution in [3.8, 4) is 5.75 Å². The first-order valence-electron chi connectivity index (χ1n) is 13.9. The molecule has 3 aromatic carbocycles. The minimum Gasteiger partial charge on any atom is -0.478 e. The van der Waals surface area contributed by atoms with E-state index in [1.165, 1.54) is 11.6 Å². The van der Waals surface area contributed by atoms with Crippen molar-refractivity contribution in [2.75, 3.05) is 6.67 Å². The van der Waals surface area contributed by atoms with Gasteiger partial charge in [0.1, 0.15) is 5.75 Å². The van der Waals surface area contributed by atoms with Gasteiger partial charge >= 0.3 is 12.3 Å². The molecule has 41 heavy (non-hydrogen) atoms. The quantitative estimate of drug-likeness (QED) is 0.277. The van der Waals surface area contributed by atoms with E-state index >= 15 is 0 Å². The second-order valence-corrected chi connectivity index (χ2v) is 10.9. The van der Waals surface area contributed by atoms with E-state index in [1.54, 1.807) is 25.1 Å². The van der Waals surface area contributed by atoms with Gasteiger partial charge in [-0.25, -0.2) is 4.79 Å². The third-order valence-corrected chi connectivity index (χ3v) is 8.05. The molecule has 7 heteroatoms. The van der Waals surface area contributed by atoms with E-state index in [9.17, 15) is 27.5 Å². The first kappa shape index (κ1) is 28.7. The highest BCUT2D eigenvalue weighted by molar-refractivity contribution is 6.01. The summed E-state index contributed by atoms with van der Waals surface area (Å²) in [7, 11) is 0. The van der Waals surface area contributed by atoms with Crippen LogP contribution in [0.2, 0.25) is 0 Å². The van der Waals surface area contributed by atoms with Gasteiger partial charge in [0.2, 0.25) is 0 Å². The van der Waals surface area contributed by atoms with Crippen LogP contribution in [-0.2, 0) is 6.42 Å². The Labute approximate surface area is 237 Å². The van der Waals surface area contributed by atoms with Crippen molar-refractivity contribution in [3.05, 3.63) is 105 Å². The number of hydrogen-bond donors (Lipinski definition) is 1.